The third-order valence-electron chi connectivity index (χ3n) is 1.72. The average Bonchev–Trinajstić information content (AvgIpc) is 2.27. The number of aromatic nitrogens is 1. The Balaban J connectivity index is 2.63. The Kier molecular flexibility index (Phi) is 4.96. The van der Waals surface area contributed by atoms with Gasteiger partial charge in [0, 0.05) is 6.20 Å². The van der Waals surface area contributed by atoms with Gasteiger partial charge in [0.1, 0.15) is 5.69 Å². The van der Waals surface area contributed by atoms with Crippen LogP contribution in [0.4, 0.5) is 23.7 Å². The predicted octanol–water partition coefficient (Wildman–Crippen LogP) is 2.98. The smallest absolute Gasteiger partial charge is 0.422 e. The van der Waals surface area contributed by atoms with Gasteiger partial charge in [-0.1, -0.05) is 0 Å². The lowest BCUT2D eigenvalue weighted by molar-refractivity contribution is -0.159. The second kappa shape index (κ2) is 6.26. The van der Waals surface area contributed by atoms with E-state index in [1.165, 1.54) is 18.3 Å². The van der Waals surface area contributed by atoms with E-state index in [0.717, 1.165) is 0 Å². The highest BCUT2D eigenvalue weighted by atomic mass is 19.4. The molecule has 1 heterocycles. The molecule has 0 bridgehead atoms. The summed E-state index contributed by atoms with van der Waals surface area (Å²) in [7, 11) is 0. The van der Waals surface area contributed by atoms with Gasteiger partial charge in [-0.3, -0.25) is 5.32 Å². The topological polar surface area (TPSA) is 60.5 Å². The molecule has 0 saturated carbocycles. The van der Waals surface area contributed by atoms with Gasteiger partial charge in [0.15, 0.2) is 6.61 Å². The third kappa shape index (κ3) is 5.94. The molecule has 0 saturated heterocycles. The molecule has 0 aromatic carbocycles. The second-order valence-corrected chi connectivity index (χ2v) is 3.84. The highest BCUT2D eigenvalue weighted by Crippen LogP contribution is 2.22. The van der Waals surface area contributed by atoms with Crippen LogP contribution in [-0.4, -0.2) is 30.0 Å². The number of amides is 1. The molecule has 19 heavy (non-hydrogen) atoms. The zero-order valence-corrected chi connectivity index (χ0v) is 10.3. The van der Waals surface area contributed by atoms with Crippen LogP contribution in [-0.2, 0) is 4.74 Å². The molecule has 8 heteroatoms. The van der Waals surface area contributed by atoms with E-state index < -0.39 is 18.9 Å². The Morgan fingerprint density at radius 2 is 2.16 bits per heavy atom. The molecular formula is C11H13F3N2O3. The Hall–Kier alpha value is -1.99. The lowest BCUT2D eigenvalue weighted by atomic mass is 10.4. The van der Waals surface area contributed by atoms with Gasteiger partial charge < -0.3 is 9.47 Å². The molecule has 1 N–H and O–H groups in total. The van der Waals surface area contributed by atoms with Crippen LogP contribution in [0.2, 0.25) is 0 Å². The monoisotopic (exact) mass is 278 g/mol. The summed E-state index contributed by atoms with van der Waals surface area (Å²) in [5.74, 6) is 0.112. The molecule has 1 aromatic rings. The number of halogens is 3. The quantitative estimate of drug-likeness (QED) is 0.919. The van der Waals surface area contributed by atoms with Gasteiger partial charge in [-0.05, 0) is 26.0 Å². The SMILES string of the molecule is CC(C)Oc1ncccc1NC(=O)OCC(F)(F)F. The Morgan fingerprint density at radius 3 is 2.74 bits per heavy atom. The van der Waals surface area contributed by atoms with Crippen LogP contribution in [0.5, 0.6) is 5.88 Å². The molecule has 0 aliphatic heterocycles. The lowest BCUT2D eigenvalue weighted by Gasteiger charge is -2.13. The summed E-state index contributed by atoms with van der Waals surface area (Å²) in [5, 5.41) is 2.14. The van der Waals surface area contributed by atoms with Gasteiger partial charge in [-0.25, -0.2) is 9.78 Å². The number of pyridine rings is 1. The highest BCUT2D eigenvalue weighted by Gasteiger charge is 2.29. The number of hydrogen-bond acceptors (Lipinski definition) is 4. The minimum Gasteiger partial charge on any atom is -0.473 e. The largest absolute Gasteiger partial charge is 0.473 e. The first kappa shape index (κ1) is 15.1. The van der Waals surface area contributed by atoms with E-state index in [1.54, 1.807) is 13.8 Å². The number of carbonyl (C=O) groups excluding carboxylic acids is 1. The van der Waals surface area contributed by atoms with E-state index in [-0.39, 0.29) is 17.7 Å². The number of nitrogens with one attached hydrogen (secondary N) is 1. The summed E-state index contributed by atoms with van der Waals surface area (Å²) < 4.78 is 44.9. The van der Waals surface area contributed by atoms with Crippen LogP contribution >= 0.6 is 0 Å². The van der Waals surface area contributed by atoms with Gasteiger partial charge in [0.05, 0.1) is 6.10 Å². The van der Waals surface area contributed by atoms with Crippen molar-refractivity contribution >= 4 is 11.8 Å². The summed E-state index contributed by atoms with van der Waals surface area (Å²) in [5.41, 5.74) is 0.142. The minimum atomic E-state index is -4.57. The molecule has 106 valence electrons. The van der Waals surface area contributed by atoms with Crippen molar-refractivity contribution in [2.75, 3.05) is 11.9 Å². The summed E-state index contributed by atoms with van der Waals surface area (Å²) in [4.78, 5) is 15.0. The van der Waals surface area contributed by atoms with Gasteiger partial charge >= 0.3 is 12.3 Å². The Bertz CT molecular complexity index is 435. The standard InChI is InChI=1S/C11H13F3N2O3/c1-7(2)19-9-8(4-3-5-15-9)16-10(17)18-6-11(12,13)14/h3-5,7H,6H2,1-2H3,(H,16,17). The van der Waals surface area contributed by atoms with Crippen LogP contribution in [0.3, 0.4) is 0 Å². The van der Waals surface area contributed by atoms with Gasteiger partial charge in [-0.15, -0.1) is 0 Å². The van der Waals surface area contributed by atoms with E-state index in [2.05, 4.69) is 15.0 Å². The van der Waals surface area contributed by atoms with Gasteiger partial charge in [0.25, 0.3) is 0 Å². The molecule has 1 amide bonds. The fourth-order valence-corrected chi connectivity index (χ4v) is 1.10. The van der Waals surface area contributed by atoms with Crippen molar-refractivity contribution in [2.45, 2.75) is 26.1 Å². The normalized spacial score (nSPS) is 11.3. The maximum atomic E-state index is 11.9. The van der Waals surface area contributed by atoms with E-state index in [1.807, 2.05) is 0 Å². The maximum absolute atomic E-state index is 11.9. The highest BCUT2D eigenvalue weighted by molar-refractivity contribution is 5.86. The lowest BCUT2D eigenvalue weighted by Crippen LogP contribution is -2.23. The van der Waals surface area contributed by atoms with E-state index in [0.29, 0.717) is 0 Å². The number of ether oxygens (including phenoxy) is 2. The third-order valence-corrected chi connectivity index (χ3v) is 1.72. The van der Waals surface area contributed by atoms with Gasteiger partial charge in [-0.2, -0.15) is 13.2 Å². The number of carbonyl (C=O) groups is 1. The molecule has 0 atom stereocenters. The molecule has 0 aliphatic rings. The van der Waals surface area contributed by atoms with E-state index in [9.17, 15) is 18.0 Å². The fourth-order valence-electron chi connectivity index (χ4n) is 1.10. The molecule has 0 unspecified atom stereocenters. The molecule has 0 fully saturated rings. The second-order valence-electron chi connectivity index (χ2n) is 3.84. The predicted molar refractivity (Wildman–Crippen MR) is 61.0 cm³/mol. The Morgan fingerprint density at radius 1 is 1.47 bits per heavy atom. The molecule has 0 spiro atoms. The first-order chi connectivity index (χ1) is 8.78. The minimum absolute atomic E-state index is 0.112. The summed E-state index contributed by atoms with van der Waals surface area (Å²) >= 11 is 0. The summed E-state index contributed by atoms with van der Waals surface area (Å²) in [6.45, 7) is 1.85. The van der Waals surface area contributed by atoms with Crippen LogP contribution in [0.15, 0.2) is 18.3 Å². The average molecular weight is 278 g/mol. The van der Waals surface area contributed by atoms with Crippen molar-refractivity contribution in [3.8, 4) is 5.88 Å². The maximum Gasteiger partial charge on any atom is 0.422 e. The van der Waals surface area contributed by atoms with Crippen molar-refractivity contribution in [3.05, 3.63) is 18.3 Å². The molecule has 1 aromatic heterocycles. The first-order valence-corrected chi connectivity index (χ1v) is 5.40. The zero-order valence-electron chi connectivity index (χ0n) is 10.3. The van der Waals surface area contributed by atoms with Crippen molar-refractivity contribution in [1.29, 1.82) is 0 Å². The number of rotatable bonds is 4. The molecule has 0 aliphatic carbocycles. The number of hydrogen-bond donors (Lipinski definition) is 1. The van der Waals surface area contributed by atoms with Crippen molar-refractivity contribution in [2.24, 2.45) is 0 Å². The van der Waals surface area contributed by atoms with E-state index in [4.69, 9.17) is 4.74 Å². The molecule has 0 radical (unpaired) electrons. The summed E-state index contributed by atoms with van der Waals surface area (Å²) in [6, 6.07) is 2.95. The van der Waals surface area contributed by atoms with Crippen LogP contribution in [0.25, 0.3) is 0 Å². The molecule has 5 nitrogen and oxygen atoms in total. The van der Waals surface area contributed by atoms with Crippen LogP contribution in [0.1, 0.15) is 13.8 Å². The van der Waals surface area contributed by atoms with Gasteiger partial charge in [0.2, 0.25) is 5.88 Å². The Labute approximate surface area is 107 Å². The molecule has 1 rings (SSSR count). The van der Waals surface area contributed by atoms with Crippen molar-refractivity contribution < 1.29 is 27.4 Å². The van der Waals surface area contributed by atoms with Crippen LogP contribution < -0.4 is 10.1 Å². The fraction of sp³-hybridized carbons (Fsp3) is 0.455. The number of anilines is 1. The number of nitrogens with zero attached hydrogens (tertiary/aromatic N) is 1. The molecular weight excluding hydrogens is 265 g/mol. The first-order valence-electron chi connectivity index (χ1n) is 5.40. The van der Waals surface area contributed by atoms with Crippen molar-refractivity contribution in [3.63, 3.8) is 0 Å². The van der Waals surface area contributed by atoms with Crippen molar-refractivity contribution in [1.82, 2.24) is 4.98 Å². The van der Waals surface area contributed by atoms with Crippen LogP contribution in [0, 0.1) is 0 Å². The summed E-state index contributed by atoms with van der Waals surface area (Å²) in [6.07, 6.45) is -4.55. The van der Waals surface area contributed by atoms with E-state index >= 15 is 0 Å². The zero-order chi connectivity index (χ0) is 14.5. The number of alkyl halides is 3.